The van der Waals surface area contributed by atoms with Crippen LogP contribution in [0.4, 0.5) is 9.18 Å². The topological polar surface area (TPSA) is 61.9 Å². The lowest BCUT2D eigenvalue weighted by Crippen LogP contribution is -2.46. The van der Waals surface area contributed by atoms with Gasteiger partial charge in [-0.05, 0) is 62.7 Å². The van der Waals surface area contributed by atoms with E-state index in [1.165, 1.54) is 12.1 Å². The number of likely N-dealkylation sites (tertiary alicyclic amines) is 1. The van der Waals surface area contributed by atoms with Crippen molar-refractivity contribution in [2.75, 3.05) is 32.7 Å². The van der Waals surface area contributed by atoms with Crippen molar-refractivity contribution in [3.8, 4) is 5.75 Å². The van der Waals surface area contributed by atoms with Crippen LogP contribution in [0, 0.1) is 11.7 Å². The number of ether oxygens (including phenoxy) is 1. The first kappa shape index (κ1) is 23.5. The summed E-state index contributed by atoms with van der Waals surface area (Å²) in [5, 5.41) is 3.92. The highest BCUT2D eigenvalue weighted by Crippen LogP contribution is 2.34. The van der Waals surface area contributed by atoms with Gasteiger partial charge in [0.25, 0.3) is 0 Å². The highest BCUT2D eigenvalue weighted by molar-refractivity contribution is 6.30. The predicted molar refractivity (Wildman–Crippen MR) is 125 cm³/mol. The zero-order chi connectivity index (χ0) is 23.4. The van der Waals surface area contributed by atoms with Gasteiger partial charge >= 0.3 is 6.09 Å². The van der Waals surface area contributed by atoms with Gasteiger partial charge in [-0.25, -0.2) is 9.18 Å². The number of likely N-dealkylation sites (N-methyl/N-ethyl adjacent to an activating group) is 1. The molecule has 2 aromatic rings. The smallest absolute Gasteiger partial charge is 0.407 e. The Balaban J connectivity index is 1.58. The van der Waals surface area contributed by atoms with Crippen molar-refractivity contribution in [1.82, 2.24) is 15.1 Å². The van der Waals surface area contributed by atoms with E-state index in [1.807, 2.05) is 36.1 Å². The molecule has 0 saturated carbocycles. The number of hydrogen-bond acceptors (Lipinski definition) is 4. The molecule has 1 N–H and O–H groups in total. The Morgan fingerprint density at radius 1 is 1.12 bits per heavy atom. The Kier molecular flexibility index (Phi) is 7.50. The molecule has 0 spiro atoms. The summed E-state index contributed by atoms with van der Waals surface area (Å²) in [6.07, 6.45) is 1.01. The molecule has 0 aromatic heterocycles. The number of carbonyl (C=O) groups is 2. The average molecular weight is 474 g/mol. The number of rotatable bonds is 5. The van der Waals surface area contributed by atoms with E-state index in [-0.39, 0.29) is 29.5 Å². The fourth-order valence-electron chi connectivity index (χ4n) is 4.83. The molecule has 33 heavy (non-hydrogen) atoms. The number of benzene rings is 2. The summed E-state index contributed by atoms with van der Waals surface area (Å²) in [5.41, 5.74) is 1.00. The van der Waals surface area contributed by atoms with E-state index in [2.05, 4.69) is 5.32 Å². The second-order valence-electron chi connectivity index (χ2n) is 8.58. The Hall–Kier alpha value is -2.64. The van der Waals surface area contributed by atoms with E-state index in [1.54, 1.807) is 17.0 Å². The summed E-state index contributed by atoms with van der Waals surface area (Å²) in [6, 6.07) is 13.1. The van der Waals surface area contributed by atoms with Gasteiger partial charge in [0, 0.05) is 36.5 Å². The molecule has 0 radical (unpaired) electrons. The molecule has 0 unspecified atom stereocenters. The van der Waals surface area contributed by atoms with Crippen LogP contribution >= 0.6 is 11.6 Å². The molecule has 6 nitrogen and oxygen atoms in total. The number of carbonyl (C=O) groups excluding carboxylic acids is 2. The van der Waals surface area contributed by atoms with Crippen LogP contribution < -0.4 is 10.1 Å². The molecule has 2 aromatic carbocycles. The van der Waals surface area contributed by atoms with E-state index in [0.717, 1.165) is 31.5 Å². The maximum atomic E-state index is 14.1. The Labute approximate surface area is 198 Å². The van der Waals surface area contributed by atoms with Crippen molar-refractivity contribution >= 4 is 23.6 Å². The van der Waals surface area contributed by atoms with Crippen LogP contribution in [0.2, 0.25) is 5.02 Å². The van der Waals surface area contributed by atoms with Gasteiger partial charge in [0.15, 0.2) is 11.6 Å². The predicted octanol–water partition coefficient (Wildman–Crippen LogP) is 4.29. The molecule has 2 heterocycles. The van der Waals surface area contributed by atoms with Crippen LogP contribution in [-0.4, -0.2) is 60.6 Å². The van der Waals surface area contributed by atoms with Crippen LogP contribution in [0.1, 0.15) is 31.2 Å². The van der Waals surface area contributed by atoms with Crippen LogP contribution in [0.25, 0.3) is 0 Å². The van der Waals surface area contributed by atoms with Gasteiger partial charge in [-0.2, -0.15) is 0 Å². The number of amides is 2. The molecular weight excluding hydrogens is 445 g/mol. The second-order valence-corrected chi connectivity index (χ2v) is 9.01. The van der Waals surface area contributed by atoms with Gasteiger partial charge in [0.1, 0.15) is 0 Å². The molecule has 4 rings (SSSR count). The van der Waals surface area contributed by atoms with Crippen LogP contribution in [0.3, 0.4) is 0 Å². The van der Waals surface area contributed by atoms with E-state index in [4.69, 9.17) is 16.3 Å². The fourth-order valence-corrected chi connectivity index (χ4v) is 4.95. The molecule has 2 aliphatic heterocycles. The first-order valence-corrected chi connectivity index (χ1v) is 11.8. The molecular formula is C25H29ClFN3O3. The lowest BCUT2D eigenvalue weighted by molar-refractivity contribution is -0.135. The minimum atomic E-state index is -0.622. The third-order valence-corrected chi connectivity index (χ3v) is 6.85. The molecule has 176 valence electrons. The number of hydrogen-bond donors (Lipinski definition) is 1. The molecule has 2 aliphatic rings. The van der Waals surface area contributed by atoms with Gasteiger partial charge in [-0.15, -0.1) is 0 Å². The van der Waals surface area contributed by atoms with Gasteiger partial charge in [-0.3, -0.25) is 4.79 Å². The highest BCUT2D eigenvalue weighted by atomic mass is 35.5. The molecule has 2 saturated heterocycles. The molecule has 2 amide bonds. The quantitative estimate of drug-likeness (QED) is 0.703. The lowest BCUT2D eigenvalue weighted by Gasteiger charge is -2.31. The second kappa shape index (κ2) is 10.5. The van der Waals surface area contributed by atoms with Gasteiger partial charge in [0.05, 0.1) is 6.04 Å². The van der Waals surface area contributed by atoms with Crippen molar-refractivity contribution in [3.63, 3.8) is 0 Å². The maximum Gasteiger partial charge on any atom is 0.415 e. The largest absolute Gasteiger partial charge is 0.415 e. The molecule has 2 atom stereocenters. The number of nitrogens with one attached hydrogen (secondary N) is 1. The van der Waals surface area contributed by atoms with Crippen molar-refractivity contribution in [1.29, 1.82) is 0 Å². The van der Waals surface area contributed by atoms with E-state index < -0.39 is 11.9 Å². The summed E-state index contributed by atoms with van der Waals surface area (Å²) in [6.45, 7) is 4.83. The monoisotopic (exact) mass is 473 g/mol. The SMILES string of the molecule is CCN(C(=O)Oc1ccccc1F)[C@@H]1CN(C(=O)C2CCNCC2)C[C@H]1c1ccc(Cl)cc1. The Bertz CT molecular complexity index is 981. The van der Waals surface area contributed by atoms with Gasteiger partial charge < -0.3 is 19.9 Å². The normalized spacial score (nSPS) is 21.1. The van der Waals surface area contributed by atoms with E-state index in [9.17, 15) is 14.0 Å². The summed E-state index contributed by atoms with van der Waals surface area (Å²) in [4.78, 5) is 29.9. The zero-order valence-electron chi connectivity index (χ0n) is 18.7. The first-order valence-electron chi connectivity index (χ1n) is 11.5. The number of nitrogens with zero attached hydrogens (tertiary/aromatic N) is 2. The molecule has 0 aliphatic carbocycles. The number of piperidine rings is 1. The third kappa shape index (κ3) is 5.31. The van der Waals surface area contributed by atoms with Crippen molar-refractivity contribution in [2.45, 2.75) is 31.7 Å². The zero-order valence-corrected chi connectivity index (χ0v) is 19.4. The minimum Gasteiger partial charge on any atom is -0.407 e. The minimum absolute atomic E-state index is 0.00342. The summed E-state index contributed by atoms with van der Waals surface area (Å²) in [7, 11) is 0. The molecule has 8 heteroatoms. The van der Waals surface area contributed by atoms with E-state index >= 15 is 0 Å². The standard InChI is InChI=1S/C25H29ClFN3O3/c1-2-30(25(32)33-23-6-4-3-5-21(23)27)22-16-29(24(31)18-11-13-28-14-12-18)15-20(22)17-7-9-19(26)10-8-17/h3-10,18,20,22,28H,2,11-16H2,1H3/t20-,22+/m0/s1. The number of para-hydroxylation sites is 1. The number of halogens is 2. The fraction of sp³-hybridized carbons (Fsp3) is 0.440. The van der Waals surface area contributed by atoms with Crippen LogP contribution in [0.5, 0.6) is 5.75 Å². The van der Waals surface area contributed by atoms with Crippen molar-refractivity contribution in [2.24, 2.45) is 5.92 Å². The molecule has 2 fully saturated rings. The van der Waals surface area contributed by atoms with Gasteiger partial charge in [0.2, 0.25) is 5.91 Å². The van der Waals surface area contributed by atoms with Crippen LogP contribution in [-0.2, 0) is 4.79 Å². The average Bonchev–Trinajstić information content (AvgIpc) is 3.26. The highest BCUT2D eigenvalue weighted by Gasteiger charge is 2.43. The van der Waals surface area contributed by atoms with E-state index in [0.29, 0.717) is 24.7 Å². The summed E-state index contributed by atoms with van der Waals surface area (Å²) < 4.78 is 19.5. The lowest BCUT2D eigenvalue weighted by atomic mass is 9.93. The van der Waals surface area contributed by atoms with Crippen LogP contribution in [0.15, 0.2) is 48.5 Å². The Morgan fingerprint density at radius 3 is 2.48 bits per heavy atom. The van der Waals surface area contributed by atoms with Gasteiger partial charge in [-0.1, -0.05) is 35.9 Å². The van der Waals surface area contributed by atoms with Crippen molar-refractivity contribution < 1.29 is 18.7 Å². The molecule has 0 bridgehead atoms. The Morgan fingerprint density at radius 2 is 1.82 bits per heavy atom. The summed E-state index contributed by atoms with van der Waals surface area (Å²) >= 11 is 6.09. The van der Waals surface area contributed by atoms with Crippen molar-refractivity contribution in [3.05, 3.63) is 64.9 Å². The maximum absolute atomic E-state index is 14.1. The third-order valence-electron chi connectivity index (χ3n) is 6.60. The first-order chi connectivity index (χ1) is 16.0. The summed E-state index contributed by atoms with van der Waals surface area (Å²) in [5.74, 6) is -0.663.